The van der Waals surface area contributed by atoms with Crippen LogP contribution in [0.2, 0.25) is 0 Å². The van der Waals surface area contributed by atoms with Gasteiger partial charge in [0.25, 0.3) is 0 Å². The van der Waals surface area contributed by atoms with Crippen LogP contribution in [0.15, 0.2) is 60.9 Å². The van der Waals surface area contributed by atoms with E-state index in [4.69, 9.17) is 4.74 Å². The highest BCUT2D eigenvalue weighted by atomic mass is 16.6. The van der Waals surface area contributed by atoms with E-state index in [9.17, 15) is 9.59 Å². The zero-order valence-corrected chi connectivity index (χ0v) is 12.8. The molecule has 0 aliphatic heterocycles. The summed E-state index contributed by atoms with van der Waals surface area (Å²) < 4.78 is 4.84. The third kappa shape index (κ3) is 2.90. The van der Waals surface area contributed by atoms with Gasteiger partial charge in [-0.25, -0.2) is 19.6 Å². The lowest BCUT2D eigenvalue weighted by Gasteiger charge is -2.04. The number of fused-ring (bicyclic) bond motifs is 2. The van der Waals surface area contributed by atoms with Crippen molar-refractivity contribution in [2.45, 2.75) is 0 Å². The largest absolute Gasteiger partial charge is 0.383 e. The summed E-state index contributed by atoms with van der Waals surface area (Å²) in [6, 6.07) is 14.2. The van der Waals surface area contributed by atoms with Crippen LogP contribution in [0.1, 0.15) is 21.0 Å². The molecule has 25 heavy (non-hydrogen) atoms. The predicted molar refractivity (Wildman–Crippen MR) is 88.8 cm³/mol. The van der Waals surface area contributed by atoms with Gasteiger partial charge in [0.2, 0.25) is 0 Å². The first-order valence-electron chi connectivity index (χ1n) is 7.41. The molecule has 7 nitrogen and oxygen atoms in total. The van der Waals surface area contributed by atoms with E-state index >= 15 is 0 Å². The van der Waals surface area contributed by atoms with Crippen LogP contribution in [0.25, 0.3) is 22.1 Å². The van der Waals surface area contributed by atoms with Gasteiger partial charge in [0.1, 0.15) is 0 Å². The molecule has 0 atom stereocenters. The van der Waals surface area contributed by atoms with Crippen LogP contribution in [0.3, 0.4) is 0 Å². The van der Waals surface area contributed by atoms with Gasteiger partial charge in [-0.1, -0.05) is 24.3 Å². The minimum absolute atomic E-state index is 0.0548. The fraction of sp³-hybridized carbons (Fsp3) is 0. The van der Waals surface area contributed by atoms with Crippen LogP contribution in [0, 0.1) is 0 Å². The molecule has 2 heterocycles. The topological polar surface area (TPSA) is 94.9 Å². The molecule has 0 aliphatic rings. The summed E-state index contributed by atoms with van der Waals surface area (Å²) in [7, 11) is 0. The molecular formula is C18H10N4O3. The van der Waals surface area contributed by atoms with E-state index in [0.29, 0.717) is 22.1 Å². The maximum absolute atomic E-state index is 12.1. The van der Waals surface area contributed by atoms with Crippen molar-refractivity contribution in [1.29, 1.82) is 0 Å². The second-order valence-corrected chi connectivity index (χ2v) is 5.16. The number of nitrogens with zero attached hydrogens (tertiary/aromatic N) is 4. The Morgan fingerprint density at radius 1 is 0.640 bits per heavy atom. The Morgan fingerprint density at radius 2 is 1.04 bits per heavy atom. The second kappa shape index (κ2) is 6.04. The molecule has 120 valence electrons. The lowest BCUT2D eigenvalue weighted by molar-refractivity contribution is 0.0389. The number of ether oxygens (including phenoxy) is 1. The molecule has 4 aromatic rings. The van der Waals surface area contributed by atoms with Crippen LogP contribution in [0.4, 0.5) is 0 Å². The van der Waals surface area contributed by atoms with E-state index in [1.807, 2.05) is 12.1 Å². The van der Waals surface area contributed by atoms with Crippen molar-refractivity contribution in [3.05, 3.63) is 72.3 Å². The Kier molecular flexibility index (Phi) is 3.59. The van der Waals surface area contributed by atoms with Crippen LogP contribution in [-0.2, 0) is 4.74 Å². The van der Waals surface area contributed by atoms with E-state index in [2.05, 4.69) is 19.9 Å². The minimum atomic E-state index is -0.891. The van der Waals surface area contributed by atoms with Crippen molar-refractivity contribution in [2.24, 2.45) is 0 Å². The molecule has 0 aliphatic carbocycles. The number of rotatable bonds is 2. The fourth-order valence-electron chi connectivity index (χ4n) is 2.30. The fourth-order valence-corrected chi connectivity index (χ4v) is 2.30. The zero-order valence-electron chi connectivity index (χ0n) is 12.8. The third-order valence-corrected chi connectivity index (χ3v) is 3.50. The van der Waals surface area contributed by atoms with E-state index < -0.39 is 11.9 Å². The number of carbonyl (C=O) groups is 2. The summed E-state index contributed by atoms with van der Waals surface area (Å²) in [6.45, 7) is 0. The van der Waals surface area contributed by atoms with E-state index in [-0.39, 0.29) is 11.4 Å². The van der Waals surface area contributed by atoms with Crippen molar-refractivity contribution >= 4 is 34.0 Å². The first-order valence-corrected chi connectivity index (χ1v) is 7.41. The van der Waals surface area contributed by atoms with Gasteiger partial charge < -0.3 is 4.74 Å². The van der Waals surface area contributed by atoms with Gasteiger partial charge in [-0.2, -0.15) is 0 Å². The highest BCUT2D eigenvalue weighted by molar-refractivity contribution is 6.01. The van der Waals surface area contributed by atoms with Gasteiger partial charge in [0, 0.05) is 0 Å². The Morgan fingerprint density at radius 3 is 1.48 bits per heavy atom. The normalized spacial score (nSPS) is 10.7. The van der Waals surface area contributed by atoms with Gasteiger partial charge in [0.05, 0.1) is 34.5 Å². The summed E-state index contributed by atoms with van der Waals surface area (Å²) in [4.78, 5) is 40.8. The third-order valence-electron chi connectivity index (χ3n) is 3.50. The number of esters is 2. The van der Waals surface area contributed by atoms with E-state index in [1.165, 1.54) is 12.4 Å². The number of hydrogen-bond donors (Lipinski definition) is 0. The number of aromatic nitrogens is 4. The molecule has 2 aromatic carbocycles. The highest BCUT2D eigenvalue weighted by Gasteiger charge is 2.18. The molecule has 2 aromatic heterocycles. The minimum Gasteiger partial charge on any atom is -0.383 e. The lowest BCUT2D eigenvalue weighted by atomic mass is 10.3. The van der Waals surface area contributed by atoms with Crippen molar-refractivity contribution < 1.29 is 14.3 Å². The Hall–Kier alpha value is -3.74. The zero-order chi connectivity index (χ0) is 17.2. The number of benzene rings is 2. The predicted octanol–water partition coefficient (Wildman–Crippen LogP) is 2.57. The van der Waals surface area contributed by atoms with Gasteiger partial charge in [-0.3, -0.25) is 9.97 Å². The molecule has 0 bridgehead atoms. The lowest BCUT2D eigenvalue weighted by Crippen LogP contribution is -2.16. The van der Waals surface area contributed by atoms with Gasteiger partial charge in [-0.05, 0) is 24.3 Å². The molecule has 0 spiro atoms. The number of hydrogen-bond acceptors (Lipinski definition) is 7. The average Bonchev–Trinajstić information content (AvgIpc) is 2.67. The van der Waals surface area contributed by atoms with Crippen molar-refractivity contribution in [1.82, 2.24) is 19.9 Å². The highest BCUT2D eigenvalue weighted by Crippen LogP contribution is 2.12. The van der Waals surface area contributed by atoms with Crippen LogP contribution < -0.4 is 0 Å². The van der Waals surface area contributed by atoms with Gasteiger partial charge >= 0.3 is 11.9 Å². The Labute approximate surface area is 141 Å². The quantitative estimate of drug-likeness (QED) is 0.412. The van der Waals surface area contributed by atoms with Crippen LogP contribution in [0.5, 0.6) is 0 Å². The van der Waals surface area contributed by atoms with Crippen molar-refractivity contribution in [3.63, 3.8) is 0 Å². The number of para-hydroxylation sites is 4. The molecular weight excluding hydrogens is 320 g/mol. The van der Waals surface area contributed by atoms with Crippen LogP contribution in [-0.4, -0.2) is 31.9 Å². The summed E-state index contributed by atoms with van der Waals surface area (Å²) in [5.74, 6) is -1.78. The molecule has 0 saturated heterocycles. The molecule has 4 rings (SSSR count). The Balaban J connectivity index is 1.58. The molecule has 0 N–H and O–H groups in total. The van der Waals surface area contributed by atoms with Gasteiger partial charge in [-0.15, -0.1) is 0 Å². The monoisotopic (exact) mass is 330 g/mol. The number of carbonyl (C=O) groups excluding carboxylic acids is 2. The van der Waals surface area contributed by atoms with Crippen LogP contribution >= 0.6 is 0 Å². The average molecular weight is 330 g/mol. The molecule has 0 amide bonds. The molecule has 0 radical (unpaired) electrons. The summed E-state index contributed by atoms with van der Waals surface area (Å²) in [6.07, 6.45) is 2.54. The van der Waals surface area contributed by atoms with E-state index in [1.54, 1.807) is 36.4 Å². The standard InChI is InChI=1S/C18H10N4O3/c23-17(15-9-19-11-5-1-3-7-13(11)21-15)25-18(24)16-10-20-12-6-2-4-8-14(12)22-16/h1-10H. The molecule has 0 unspecified atom stereocenters. The van der Waals surface area contributed by atoms with Crippen molar-refractivity contribution in [3.8, 4) is 0 Å². The Bertz CT molecular complexity index is 1040. The maximum Gasteiger partial charge on any atom is 0.366 e. The van der Waals surface area contributed by atoms with Gasteiger partial charge in [0.15, 0.2) is 11.4 Å². The first kappa shape index (κ1) is 14.8. The second-order valence-electron chi connectivity index (χ2n) is 5.16. The first-order chi connectivity index (χ1) is 12.2. The summed E-state index contributed by atoms with van der Waals surface area (Å²) in [5.41, 5.74) is 2.25. The summed E-state index contributed by atoms with van der Waals surface area (Å²) in [5, 5.41) is 0. The van der Waals surface area contributed by atoms with Crippen molar-refractivity contribution in [2.75, 3.05) is 0 Å². The molecule has 0 fully saturated rings. The van der Waals surface area contributed by atoms with E-state index in [0.717, 1.165) is 0 Å². The maximum atomic E-state index is 12.1. The molecule has 0 saturated carbocycles. The SMILES string of the molecule is O=C(OC(=O)c1cnc2ccccc2n1)c1cnc2ccccc2n1. The summed E-state index contributed by atoms with van der Waals surface area (Å²) >= 11 is 0. The molecule has 7 heteroatoms. The smallest absolute Gasteiger partial charge is 0.366 e.